The highest BCUT2D eigenvalue weighted by Gasteiger charge is 2.07. The Hall–Kier alpha value is -0.620. The molecule has 0 radical (unpaired) electrons. The van der Waals surface area contributed by atoms with Crippen molar-refractivity contribution in [1.82, 2.24) is 10.6 Å². The molecule has 6 heteroatoms. The van der Waals surface area contributed by atoms with Crippen LogP contribution in [-0.4, -0.2) is 45.5 Å². The lowest BCUT2D eigenvalue weighted by molar-refractivity contribution is -0.120. The van der Waals surface area contributed by atoms with Gasteiger partial charge in [0.1, 0.15) is 0 Å². The van der Waals surface area contributed by atoms with E-state index in [9.17, 15) is 13.2 Å². The first-order chi connectivity index (χ1) is 6.52. The predicted molar refractivity (Wildman–Crippen MR) is 55.9 cm³/mol. The van der Waals surface area contributed by atoms with Crippen molar-refractivity contribution < 1.29 is 13.2 Å². The topological polar surface area (TPSA) is 75.3 Å². The molecule has 0 aliphatic heterocycles. The van der Waals surface area contributed by atoms with Gasteiger partial charge in [-0.1, -0.05) is 13.8 Å². The minimum atomic E-state index is -2.97. The molecule has 0 atom stereocenters. The lowest BCUT2D eigenvalue weighted by atomic mass is 10.5. The molecular formula is C8H18N2O3S. The number of hydrogen-bond donors (Lipinski definition) is 2. The van der Waals surface area contributed by atoms with E-state index >= 15 is 0 Å². The number of carbonyl (C=O) groups is 1. The van der Waals surface area contributed by atoms with Crippen molar-refractivity contribution in [3.8, 4) is 0 Å². The van der Waals surface area contributed by atoms with E-state index < -0.39 is 9.84 Å². The summed E-state index contributed by atoms with van der Waals surface area (Å²) in [5, 5.41) is 5.38. The summed E-state index contributed by atoms with van der Waals surface area (Å²) < 4.78 is 22.1. The second kappa shape index (κ2) is 6.78. The summed E-state index contributed by atoms with van der Waals surface area (Å²) in [4.78, 5) is 11.0. The molecule has 0 unspecified atom stereocenters. The fourth-order valence-electron chi connectivity index (χ4n) is 0.791. The van der Waals surface area contributed by atoms with Crippen molar-refractivity contribution in [2.24, 2.45) is 0 Å². The summed E-state index contributed by atoms with van der Waals surface area (Å²) in [6, 6.07) is 0. The second-order valence-corrected chi connectivity index (χ2v) is 5.34. The van der Waals surface area contributed by atoms with Gasteiger partial charge < -0.3 is 10.6 Å². The van der Waals surface area contributed by atoms with Gasteiger partial charge in [-0.05, 0) is 6.54 Å². The van der Waals surface area contributed by atoms with E-state index in [1.54, 1.807) is 6.92 Å². The zero-order valence-corrected chi connectivity index (χ0v) is 9.49. The number of carbonyl (C=O) groups excluding carboxylic acids is 1. The van der Waals surface area contributed by atoms with Crippen molar-refractivity contribution in [3.63, 3.8) is 0 Å². The third-order valence-electron chi connectivity index (χ3n) is 1.71. The molecule has 5 nitrogen and oxygen atoms in total. The van der Waals surface area contributed by atoms with Crippen LogP contribution in [0, 0.1) is 0 Å². The monoisotopic (exact) mass is 222 g/mol. The Kier molecular flexibility index (Phi) is 6.48. The Morgan fingerprint density at radius 3 is 2.43 bits per heavy atom. The molecule has 0 saturated carbocycles. The van der Waals surface area contributed by atoms with Crippen LogP contribution in [0.2, 0.25) is 0 Å². The van der Waals surface area contributed by atoms with Gasteiger partial charge in [-0.2, -0.15) is 0 Å². The lowest BCUT2D eigenvalue weighted by Crippen LogP contribution is -2.36. The molecule has 0 aromatic heterocycles. The largest absolute Gasteiger partial charge is 0.354 e. The summed E-state index contributed by atoms with van der Waals surface area (Å²) in [6.07, 6.45) is 0. The average molecular weight is 222 g/mol. The molecule has 2 N–H and O–H groups in total. The van der Waals surface area contributed by atoms with E-state index in [1.807, 2.05) is 6.92 Å². The van der Waals surface area contributed by atoms with Crippen LogP contribution in [0.25, 0.3) is 0 Å². The van der Waals surface area contributed by atoms with Crippen LogP contribution in [0.4, 0.5) is 0 Å². The molecular weight excluding hydrogens is 204 g/mol. The third kappa shape index (κ3) is 6.85. The van der Waals surface area contributed by atoms with Crippen LogP contribution in [0.5, 0.6) is 0 Å². The number of hydrogen-bond acceptors (Lipinski definition) is 4. The molecule has 0 aromatic rings. The number of amides is 1. The molecule has 0 spiro atoms. The van der Waals surface area contributed by atoms with Crippen LogP contribution >= 0.6 is 0 Å². The van der Waals surface area contributed by atoms with Crippen molar-refractivity contribution in [2.45, 2.75) is 13.8 Å². The highest BCUT2D eigenvalue weighted by Crippen LogP contribution is 1.86. The molecule has 0 aliphatic rings. The van der Waals surface area contributed by atoms with Gasteiger partial charge in [0.05, 0.1) is 12.3 Å². The van der Waals surface area contributed by atoms with E-state index in [2.05, 4.69) is 10.6 Å². The summed E-state index contributed by atoms with van der Waals surface area (Å²) >= 11 is 0. The first-order valence-corrected chi connectivity index (χ1v) is 6.51. The minimum Gasteiger partial charge on any atom is -0.354 e. The first kappa shape index (κ1) is 13.4. The predicted octanol–water partition coefficient (Wildman–Crippen LogP) is -0.853. The van der Waals surface area contributed by atoms with Gasteiger partial charge in [0.25, 0.3) is 0 Å². The van der Waals surface area contributed by atoms with Gasteiger partial charge in [0, 0.05) is 12.3 Å². The van der Waals surface area contributed by atoms with Crippen LogP contribution in [0.15, 0.2) is 0 Å². The molecule has 0 fully saturated rings. The van der Waals surface area contributed by atoms with E-state index in [1.165, 1.54) is 0 Å². The molecule has 0 aromatic carbocycles. The number of rotatable bonds is 7. The highest BCUT2D eigenvalue weighted by atomic mass is 32.2. The van der Waals surface area contributed by atoms with Crippen molar-refractivity contribution in [3.05, 3.63) is 0 Å². The van der Waals surface area contributed by atoms with E-state index in [-0.39, 0.29) is 30.5 Å². The van der Waals surface area contributed by atoms with Crippen LogP contribution in [-0.2, 0) is 14.6 Å². The van der Waals surface area contributed by atoms with Crippen molar-refractivity contribution in [1.29, 1.82) is 0 Å². The van der Waals surface area contributed by atoms with Crippen LogP contribution < -0.4 is 10.6 Å². The van der Waals surface area contributed by atoms with E-state index in [4.69, 9.17) is 0 Å². The summed E-state index contributed by atoms with van der Waals surface area (Å²) in [5.41, 5.74) is 0. The average Bonchev–Trinajstić information content (AvgIpc) is 2.14. The maximum Gasteiger partial charge on any atom is 0.233 e. The molecule has 0 saturated heterocycles. The summed E-state index contributed by atoms with van der Waals surface area (Å²) in [5.74, 6) is -0.0320. The highest BCUT2D eigenvalue weighted by molar-refractivity contribution is 7.91. The smallest absolute Gasteiger partial charge is 0.233 e. The molecule has 0 aliphatic carbocycles. The first-order valence-electron chi connectivity index (χ1n) is 4.69. The van der Waals surface area contributed by atoms with Gasteiger partial charge >= 0.3 is 0 Å². The van der Waals surface area contributed by atoms with Gasteiger partial charge in [-0.15, -0.1) is 0 Å². The maximum atomic E-state index is 11.0. The number of likely N-dealkylation sites (N-methyl/N-ethyl adjacent to an activating group) is 1. The fourth-order valence-corrected chi connectivity index (χ4v) is 1.49. The molecule has 84 valence electrons. The van der Waals surface area contributed by atoms with Crippen LogP contribution in [0.1, 0.15) is 13.8 Å². The molecule has 14 heavy (non-hydrogen) atoms. The zero-order chi connectivity index (χ0) is 11.0. The molecule has 0 bridgehead atoms. The lowest BCUT2D eigenvalue weighted by Gasteiger charge is -2.05. The Balaban J connectivity index is 3.59. The molecule has 0 heterocycles. The van der Waals surface area contributed by atoms with Gasteiger partial charge in [0.15, 0.2) is 9.84 Å². The van der Waals surface area contributed by atoms with Crippen LogP contribution in [0.3, 0.4) is 0 Å². The fraction of sp³-hybridized carbons (Fsp3) is 0.875. The molecule has 1 amide bonds. The zero-order valence-electron chi connectivity index (χ0n) is 8.67. The van der Waals surface area contributed by atoms with Gasteiger partial charge in [-0.3, -0.25) is 4.79 Å². The van der Waals surface area contributed by atoms with Crippen molar-refractivity contribution in [2.75, 3.05) is 31.1 Å². The minimum absolute atomic E-state index is 0.0152. The molecule has 0 rings (SSSR count). The Morgan fingerprint density at radius 2 is 1.93 bits per heavy atom. The van der Waals surface area contributed by atoms with E-state index in [0.29, 0.717) is 0 Å². The summed E-state index contributed by atoms with van der Waals surface area (Å²) in [7, 11) is -2.97. The Labute approximate surface area is 85.2 Å². The van der Waals surface area contributed by atoms with E-state index in [0.717, 1.165) is 6.54 Å². The Morgan fingerprint density at radius 1 is 1.29 bits per heavy atom. The standard InChI is InChI=1S/C8H18N2O3S/c1-3-9-7-8(11)10-5-6-14(12,13)4-2/h9H,3-7H2,1-2H3,(H,10,11). The number of nitrogens with one attached hydrogen (secondary N) is 2. The van der Waals surface area contributed by atoms with Crippen molar-refractivity contribution >= 4 is 15.7 Å². The van der Waals surface area contributed by atoms with Gasteiger partial charge in [0.2, 0.25) is 5.91 Å². The Bertz CT molecular complexity index is 262. The normalized spacial score (nSPS) is 11.3. The summed E-state index contributed by atoms with van der Waals surface area (Å²) in [6.45, 7) is 4.65. The second-order valence-electron chi connectivity index (χ2n) is 2.87. The SMILES string of the molecule is CCNCC(=O)NCCS(=O)(=O)CC. The maximum absolute atomic E-state index is 11.0. The third-order valence-corrected chi connectivity index (χ3v) is 3.42. The van der Waals surface area contributed by atoms with Gasteiger partial charge in [-0.25, -0.2) is 8.42 Å². The quantitative estimate of drug-likeness (QED) is 0.588. The number of sulfone groups is 1.